The maximum Gasteiger partial charge on any atom is 0.0226 e. The van der Waals surface area contributed by atoms with Gasteiger partial charge < -0.3 is 10.2 Å². The van der Waals surface area contributed by atoms with Crippen LogP contribution in [0.25, 0.3) is 0 Å². The van der Waals surface area contributed by atoms with Gasteiger partial charge in [-0.1, -0.05) is 6.42 Å². The van der Waals surface area contributed by atoms with E-state index in [0.29, 0.717) is 0 Å². The first-order valence-electron chi connectivity index (χ1n) is 6.22. The number of nitrogens with zero attached hydrogens (tertiary/aromatic N) is 1. The molecule has 0 aromatic rings. The van der Waals surface area contributed by atoms with Crippen molar-refractivity contribution in [3.63, 3.8) is 0 Å². The minimum Gasteiger partial charge on any atom is -0.312 e. The van der Waals surface area contributed by atoms with Gasteiger partial charge in [-0.15, -0.1) is 0 Å². The summed E-state index contributed by atoms with van der Waals surface area (Å²) in [6.07, 6.45) is 6.61. The molecular weight excluding hydrogens is 204 g/mol. The van der Waals surface area contributed by atoms with Gasteiger partial charge in [0.25, 0.3) is 0 Å². The second kappa shape index (κ2) is 5.55. The molecular formula is C12H24N2S. The normalized spacial score (nSPS) is 35.0. The summed E-state index contributed by atoms with van der Waals surface area (Å²) in [7, 11) is 2.26. The fourth-order valence-corrected chi connectivity index (χ4v) is 3.67. The highest BCUT2D eigenvalue weighted by atomic mass is 32.2. The van der Waals surface area contributed by atoms with E-state index in [-0.39, 0.29) is 0 Å². The van der Waals surface area contributed by atoms with Gasteiger partial charge in [0, 0.05) is 24.9 Å². The molecule has 2 aliphatic rings. The molecule has 15 heavy (non-hydrogen) atoms. The lowest BCUT2D eigenvalue weighted by molar-refractivity contribution is 0.277. The number of hydrogen-bond acceptors (Lipinski definition) is 3. The fourth-order valence-electron chi connectivity index (χ4n) is 3.18. The zero-order chi connectivity index (χ0) is 10.7. The monoisotopic (exact) mass is 228 g/mol. The second-order valence-corrected chi connectivity index (χ2v) is 6.11. The smallest absolute Gasteiger partial charge is 0.0226 e. The van der Waals surface area contributed by atoms with Crippen molar-refractivity contribution in [2.24, 2.45) is 11.8 Å². The van der Waals surface area contributed by atoms with Crippen LogP contribution >= 0.6 is 11.8 Å². The van der Waals surface area contributed by atoms with Crippen LogP contribution in [-0.4, -0.2) is 49.6 Å². The summed E-state index contributed by atoms with van der Waals surface area (Å²) in [5.74, 6) is 3.25. The van der Waals surface area contributed by atoms with Crippen LogP contribution in [-0.2, 0) is 0 Å². The quantitative estimate of drug-likeness (QED) is 0.770. The zero-order valence-corrected chi connectivity index (χ0v) is 10.9. The second-order valence-electron chi connectivity index (χ2n) is 5.12. The Morgan fingerprint density at radius 1 is 1.40 bits per heavy atom. The maximum absolute atomic E-state index is 3.72. The number of rotatable bonds is 5. The first kappa shape index (κ1) is 11.7. The van der Waals surface area contributed by atoms with Gasteiger partial charge in [0.05, 0.1) is 0 Å². The summed E-state index contributed by atoms with van der Waals surface area (Å²) in [4.78, 5) is 2.49. The van der Waals surface area contributed by atoms with Crippen LogP contribution < -0.4 is 5.32 Å². The van der Waals surface area contributed by atoms with E-state index < -0.39 is 0 Å². The molecule has 1 aliphatic heterocycles. The zero-order valence-electron chi connectivity index (χ0n) is 10.0. The third-order valence-electron chi connectivity index (χ3n) is 4.06. The van der Waals surface area contributed by atoms with Crippen molar-refractivity contribution in [2.45, 2.75) is 25.3 Å². The molecule has 0 radical (unpaired) electrons. The molecule has 0 aromatic carbocycles. The lowest BCUT2D eigenvalue weighted by atomic mass is 9.94. The molecule has 0 bridgehead atoms. The van der Waals surface area contributed by atoms with E-state index in [2.05, 4.69) is 23.5 Å². The van der Waals surface area contributed by atoms with Gasteiger partial charge in [0.1, 0.15) is 0 Å². The summed E-state index contributed by atoms with van der Waals surface area (Å²) in [5.41, 5.74) is 0. The van der Waals surface area contributed by atoms with E-state index in [1.807, 2.05) is 11.8 Å². The number of hydrogen-bond donors (Lipinski definition) is 1. The first-order chi connectivity index (χ1) is 7.31. The van der Waals surface area contributed by atoms with Crippen molar-refractivity contribution in [2.75, 3.05) is 38.7 Å². The molecule has 88 valence electrons. The maximum atomic E-state index is 3.72. The van der Waals surface area contributed by atoms with Gasteiger partial charge in [-0.05, 0) is 44.5 Å². The number of likely N-dealkylation sites (N-methyl/N-ethyl adjacent to an activating group) is 1. The minimum atomic E-state index is 0.782. The molecule has 1 aliphatic carbocycles. The molecule has 0 spiro atoms. The Bertz CT molecular complexity index is 198. The average Bonchev–Trinajstić information content (AvgIpc) is 2.80. The van der Waals surface area contributed by atoms with Crippen molar-refractivity contribution in [1.29, 1.82) is 0 Å². The molecule has 2 nitrogen and oxygen atoms in total. The highest BCUT2D eigenvalue weighted by Crippen LogP contribution is 2.37. The van der Waals surface area contributed by atoms with Gasteiger partial charge in [-0.25, -0.2) is 0 Å². The van der Waals surface area contributed by atoms with Gasteiger partial charge in [-0.2, -0.15) is 11.8 Å². The van der Waals surface area contributed by atoms with Gasteiger partial charge in [0.15, 0.2) is 0 Å². The highest BCUT2D eigenvalue weighted by molar-refractivity contribution is 7.98. The minimum absolute atomic E-state index is 0.782. The van der Waals surface area contributed by atoms with Crippen LogP contribution in [0.2, 0.25) is 0 Å². The van der Waals surface area contributed by atoms with Crippen molar-refractivity contribution in [3.8, 4) is 0 Å². The van der Waals surface area contributed by atoms with Crippen molar-refractivity contribution >= 4 is 11.8 Å². The molecule has 3 heteroatoms. The number of thioether (sulfide) groups is 1. The lowest BCUT2D eigenvalue weighted by Crippen LogP contribution is -2.39. The molecule has 1 saturated carbocycles. The largest absolute Gasteiger partial charge is 0.312 e. The van der Waals surface area contributed by atoms with Gasteiger partial charge >= 0.3 is 0 Å². The Labute approximate surface area is 98.2 Å². The molecule has 2 fully saturated rings. The van der Waals surface area contributed by atoms with Gasteiger partial charge in [0.2, 0.25) is 0 Å². The molecule has 1 heterocycles. The van der Waals surface area contributed by atoms with Gasteiger partial charge in [-0.3, -0.25) is 0 Å². The van der Waals surface area contributed by atoms with E-state index in [0.717, 1.165) is 17.9 Å². The van der Waals surface area contributed by atoms with Crippen LogP contribution in [0.4, 0.5) is 0 Å². The third-order valence-corrected chi connectivity index (χ3v) is 4.65. The van der Waals surface area contributed by atoms with Crippen molar-refractivity contribution in [3.05, 3.63) is 0 Å². The molecule has 2 rings (SSSR count). The van der Waals surface area contributed by atoms with E-state index >= 15 is 0 Å². The molecule has 3 atom stereocenters. The Kier molecular flexibility index (Phi) is 4.35. The fraction of sp³-hybridized carbons (Fsp3) is 1.00. The third kappa shape index (κ3) is 2.89. The Hall–Kier alpha value is 0.270. The van der Waals surface area contributed by atoms with Crippen LogP contribution in [0.1, 0.15) is 19.3 Å². The highest BCUT2D eigenvalue weighted by Gasteiger charge is 2.38. The standard InChI is InChI=1S/C12H24N2S/c1-14(6-7-15-2)9-12-11-5-3-4-10(11)8-13-12/h10-13H,3-9H2,1-2H3. The summed E-state index contributed by atoms with van der Waals surface area (Å²) >= 11 is 1.95. The molecule has 1 saturated heterocycles. The number of fused-ring (bicyclic) bond motifs is 1. The Balaban J connectivity index is 1.74. The van der Waals surface area contributed by atoms with E-state index in [4.69, 9.17) is 0 Å². The van der Waals surface area contributed by atoms with Crippen LogP contribution in [0.5, 0.6) is 0 Å². The predicted molar refractivity (Wildman–Crippen MR) is 68.5 cm³/mol. The molecule has 0 amide bonds. The van der Waals surface area contributed by atoms with E-state index in [1.165, 1.54) is 44.6 Å². The Morgan fingerprint density at radius 3 is 3.07 bits per heavy atom. The van der Waals surface area contributed by atoms with E-state index in [9.17, 15) is 0 Å². The van der Waals surface area contributed by atoms with Crippen molar-refractivity contribution < 1.29 is 0 Å². The summed E-state index contributed by atoms with van der Waals surface area (Å²) in [5, 5.41) is 3.72. The van der Waals surface area contributed by atoms with Crippen molar-refractivity contribution in [1.82, 2.24) is 10.2 Å². The van der Waals surface area contributed by atoms with Crippen LogP contribution in [0, 0.1) is 11.8 Å². The SMILES string of the molecule is CSCCN(C)CC1NCC2CCCC21. The summed E-state index contributed by atoms with van der Waals surface area (Å²) in [6, 6.07) is 0.782. The average molecular weight is 228 g/mol. The molecule has 1 N–H and O–H groups in total. The van der Waals surface area contributed by atoms with Crippen LogP contribution in [0.3, 0.4) is 0 Å². The number of nitrogens with one attached hydrogen (secondary N) is 1. The summed E-state index contributed by atoms with van der Waals surface area (Å²) < 4.78 is 0. The van der Waals surface area contributed by atoms with E-state index in [1.54, 1.807) is 0 Å². The lowest BCUT2D eigenvalue weighted by Gasteiger charge is -2.24. The molecule has 3 unspecified atom stereocenters. The Morgan fingerprint density at radius 2 is 2.27 bits per heavy atom. The topological polar surface area (TPSA) is 15.3 Å². The predicted octanol–water partition coefficient (Wildman–Crippen LogP) is 1.67. The summed E-state index contributed by atoms with van der Waals surface area (Å²) in [6.45, 7) is 3.77. The van der Waals surface area contributed by atoms with Crippen LogP contribution in [0.15, 0.2) is 0 Å². The molecule has 0 aromatic heterocycles. The first-order valence-corrected chi connectivity index (χ1v) is 7.61.